The molecule has 1 atom stereocenters. The molecule has 0 fully saturated rings. The molecule has 2 rings (SSSR count). The molecule has 1 heteroatoms. The summed E-state index contributed by atoms with van der Waals surface area (Å²) in [6.45, 7) is 4.16. The van der Waals surface area contributed by atoms with E-state index in [4.69, 9.17) is 0 Å². The van der Waals surface area contributed by atoms with E-state index < -0.39 is 0 Å². The Morgan fingerprint density at radius 2 is 1.93 bits per heavy atom. The number of rotatable bonds is 3. The third kappa shape index (κ3) is 1.39. The number of aliphatic imine (C=N–C) groups is 1. The molecule has 1 aliphatic heterocycles. The van der Waals surface area contributed by atoms with Crippen molar-refractivity contribution >= 4 is 5.71 Å². The fourth-order valence-corrected chi connectivity index (χ4v) is 1.85. The summed E-state index contributed by atoms with van der Waals surface area (Å²) in [6, 6.07) is 10.5. The predicted octanol–water partition coefficient (Wildman–Crippen LogP) is 3.32. The molecule has 1 unspecified atom stereocenters. The Morgan fingerprint density at radius 1 is 1.29 bits per heavy atom. The summed E-state index contributed by atoms with van der Waals surface area (Å²) in [5, 5.41) is 0. The van der Waals surface area contributed by atoms with Crippen molar-refractivity contribution in [3.63, 3.8) is 0 Å². The monoisotopic (exact) mass is 185 g/mol. The lowest BCUT2D eigenvalue weighted by atomic mass is 9.90. The summed E-state index contributed by atoms with van der Waals surface area (Å²) in [6.07, 6.45) is 5.28. The fraction of sp³-hybridized carbons (Fsp3) is 0.308. The van der Waals surface area contributed by atoms with Crippen LogP contribution in [0.4, 0.5) is 0 Å². The maximum atomic E-state index is 4.56. The Bertz CT molecular complexity index is 375. The second-order valence-corrected chi connectivity index (χ2v) is 3.70. The van der Waals surface area contributed by atoms with E-state index in [9.17, 15) is 0 Å². The van der Waals surface area contributed by atoms with E-state index in [-0.39, 0.29) is 5.54 Å². The standard InChI is InChI=1S/C13H15N/c1-3-4-10-13(11(2)14-13)12-8-6-5-7-9-12/h3-9H,10H2,1-2H3/b4-3+. The molecular weight excluding hydrogens is 170 g/mol. The predicted molar refractivity (Wildman–Crippen MR) is 60.7 cm³/mol. The highest BCUT2D eigenvalue weighted by molar-refractivity contribution is 6.04. The van der Waals surface area contributed by atoms with Crippen LogP contribution in [0.5, 0.6) is 0 Å². The Kier molecular flexibility index (Phi) is 2.24. The Balaban J connectivity index is 2.23. The van der Waals surface area contributed by atoms with Gasteiger partial charge < -0.3 is 0 Å². The summed E-state index contributed by atoms with van der Waals surface area (Å²) in [7, 11) is 0. The minimum Gasteiger partial charge on any atom is -0.274 e. The van der Waals surface area contributed by atoms with Crippen LogP contribution in [0.3, 0.4) is 0 Å². The van der Waals surface area contributed by atoms with Gasteiger partial charge in [0.25, 0.3) is 0 Å². The van der Waals surface area contributed by atoms with E-state index in [1.165, 1.54) is 11.3 Å². The van der Waals surface area contributed by atoms with E-state index in [0.717, 1.165) is 6.42 Å². The summed E-state index contributed by atoms with van der Waals surface area (Å²) in [5.74, 6) is 0. The molecule has 0 aliphatic carbocycles. The molecule has 0 saturated carbocycles. The smallest absolute Gasteiger partial charge is 0.126 e. The highest BCUT2D eigenvalue weighted by atomic mass is 15.0. The molecule has 1 aliphatic rings. The second kappa shape index (κ2) is 3.41. The molecule has 1 heterocycles. The lowest BCUT2D eigenvalue weighted by Gasteiger charge is -2.12. The first-order valence-electron chi connectivity index (χ1n) is 5.03. The van der Waals surface area contributed by atoms with Gasteiger partial charge in [-0.15, -0.1) is 0 Å². The quantitative estimate of drug-likeness (QED) is 0.640. The molecule has 72 valence electrons. The van der Waals surface area contributed by atoms with Gasteiger partial charge in [-0.2, -0.15) is 0 Å². The van der Waals surface area contributed by atoms with Crippen LogP contribution in [-0.4, -0.2) is 5.71 Å². The van der Waals surface area contributed by atoms with E-state index in [0.29, 0.717) is 0 Å². The molecule has 1 nitrogen and oxygen atoms in total. The van der Waals surface area contributed by atoms with Gasteiger partial charge in [0.2, 0.25) is 0 Å². The van der Waals surface area contributed by atoms with Crippen molar-refractivity contribution in [1.29, 1.82) is 0 Å². The average molecular weight is 185 g/mol. The summed E-state index contributed by atoms with van der Waals surface area (Å²) in [5.41, 5.74) is 2.57. The average Bonchev–Trinajstić information content (AvgIpc) is 2.89. The van der Waals surface area contributed by atoms with Gasteiger partial charge in [-0.25, -0.2) is 0 Å². The third-order valence-corrected chi connectivity index (χ3v) is 2.81. The summed E-state index contributed by atoms with van der Waals surface area (Å²) in [4.78, 5) is 4.56. The van der Waals surface area contributed by atoms with Gasteiger partial charge >= 0.3 is 0 Å². The molecule has 14 heavy (non-hydrogen) atoms. The maximum Gasteiger partial charge on any atom is 0.126 e. The first-order valence-corrected chi connectivity index (χ1v) is 5.03. The lowest BCUT2D eigenvalue weighted by molar-refractivity contribution is 0.722. The first kappa shape index (κ1) is 9.20. The lowest BCUT2D eigenvalue weighted by Crippen LogP contribution is -2.13. The van der Waals surface area contributed by atoms with Gasteiger partial charge in [0.1, 0.15) is 5.54 Å². The topological polar surface area (TPSA) is 12.4 Å². The second-order valence-electron chi connectivity index (χ2n) is 3.70. The van der Waals surface area contributed by atoms with Gasteiger partial charge in [0.05, 0.1) is 0 Å². The highest BCUT2D eigenvalue weighted by Crippen LogP contribution is 2.42. The van der Waals surface area contributed by atoms with E-state index >= 15 is 0 Å². The minimum absolute atomic E-state index is 0.00771. The molecule has 0 amide bonds. The van der Waals surface area contributed by atoms with Crippen LogP contribution >= 0.6 is 0 Å². The van der Waals surface area contributed by atoms with Crippen LogP contribution in [-0.2, 0) is 5.54 Å². The van der Waals surface area contributed by atoms with Gasteiger partial charge in [-0.1, -0.05) is 42.5 Å². The van der Waals surface area contributed by atoms with Crippen molar-refractivity contribution in [2.45, 2.75) is 25.8 Å². The number of hydrogen-bond donors (Lipinski definition) is 0. The van der Waals surface area contributed by atoms with Crippen molar-refractivity contribution in [2.24, 2.45) is 4.99 Å². The number of nitrogens with zero attached hydrogens (tertiary/aromatic N) is 1. The highest BCUT2D eigenvalue weighted by Gasteiger charge is 2.44. The van der Waals surface area contributed by atoms with Crippen LogP contribution in [0.2, 0.25) is 0 Å². The SMILES string of the molecule is C/C=C/CC1(c2ccccc2)N=C1C. The molecule has 0 spiro atoms. The zero-order valence-electron chi connectivity index (χ0n) is 8.70. The van der Waals surface area contributed by atoms with Crippen molar-refractivity contribution in [2.75, 3.05) is 0 Å². The minimum atomic E-state index is 0.00771. The van der Waals surface area contributed by atoms with Crippen molar-refractivity contribution < 1.29 is 0 Å². The molecule has 0 radical (unpaired) electrons. The number of allylic oxidation sites excluding steroid dienone is 1. The van der Waals surface area contributed by atoms with Crippen LogP contribution in [0.25, 0.3) is 0 Å². The Labute approximate surface area is 85.2 Å². The van der Waals surface area contributed by atoms with Crippen LogP contribution in [0, 0.1) is 0 Å². The van der Waals surface area contributed by atoms with Gasteiger partial charge in [-0.05, 0) is 19.4 Å². The van der Waals surface area contributed by atoms with Gasteiger partial charge in [-0.3, -0.25) is 4.99 Å². The summed E-state index contributed by atoms with van der Waals surface area (Å²) < 4.78 is 0. The maximum absolute atomic E-state index is 4.56. The molecule has 1 aromatic rings. The van der Waals surface area contributed by atoms with E-state index in [2.05, 4.69) is 55.3 Å². The van der Waals surface area contributed by atoms with Crippen molar-refractivity contribution in [1.82, 2.24) is 0 Å². The normalized spacial score (nSPS) is 25.1. The third-order valence-electron chi connectivity index (χ3n) is 2.81. The first-order chi connectivity index (χ1) is 6.79. The van der Waals surface area contributed by atoms with Crippen LogP contribution < -0.4 is 0 Å². The largest absolute Gasteiger partial charge is 0.274 e. The summed E-state index contributed by atoms with van der Waals surface area (Å²) >= 11 is 0. The van der Waals surface area contributed by atoms with Crippen molar-refractivity contribution in [3.8, 4) is 0 Å². The fourth-order valence-electron chi connectivity index (χ4n) is 1.85. The Hall–Kier alpha value is -1.37. The molecule has 1 aromatic carbocycles. The number of benzene rings is 1. The molecule has 0 saturated heterocycles. The number of hydrogen-bond acceptors (Lipinski definition) is 1. The zero-order chi connectivity index (χ0) is 10.0. The molecular formula is C13H15N. The van der Waals surface area contributed by atoms with Gasteiger partial charge in [0, 0.05) is 12.1 Å². The van der Waals surface area contributed by atoms with E-state index in [1.807, 2.05) is 6.07 Å². The molecule has 0 aromatic heterocycles. The Morgan fingerprint density at radius 3 is 2.43 bits per heavy atom. The van der Waals surface area contributed by atoms with E-state index in [1.54, 1.807) is 0 Å². The van der Waals surface area contributed by atoms with Crippen molar-refractivity contribution in [3.05, 3.63) is 48.0 Å². The molecule has 0 bridgehead atoms. The molecule has 0 N–H and O–H groups in total. The zero-order valence-corrected chi connectivity index (χ0v) is 8.70. The van der Waals surface area contributed by atoms with Crippen LogP contribution in [0.1, 0.15) is 25.8 Å². The van der Waals surface area contributed by atoms with Gasteiger partial charge in [0.15, 0.2) is 0 Å². The van der Waals surface area contributed by atoms with Crippen LogP contribution in [0.15, 0.2) is 47.5 Å².